The average molecular weight is 188 g/mol. The van der Waals surface area contributed by atoms with Crippen LogP contribution in [0.3, 0.4) is 0 Å². The molecule has 1 heterocycles. The Morgan fingerprint density at radius 3 is 2.71 bits per heavy atom. The van der Waals surface area contributed by atoms with Gasteiger partial charge in [-0.1, -0.05) is 26.0 Å². The van der Waals surface area contributed by atoms with Crippen LogP contribution in [0.15, 0.2) is 23.2 Å². The van der Waals surface area contributed by atoms with Gasteiger partial charge in [0.15, 0.2) is 0 Å². The van der Waals surface area contributed by atoms with Crippen LogP contribution in [0.1, 0.15) is 31.9 Å². The molecule has 0 unspecified atom stereocenters. The fraction of sp³-hybridized carbons (Fsp3) is 0.417. The minimum Gasteiger partial charge on any atom is -0.326 e. The molecular weight excluding hydrogens is 172 g/mol. The lowest BCUT2D eigenvalue weighted by Gasteiger charge is -2.20. The highest BCUT2D eigenvalue weighted by Crippen LogP contribution is 2.40. The zero-order chi connectivity index (χ0) is 10.3. The fourth-order valence-electron chi connectivity index (χ4n) is 1.82. The van der Waals surface area contributed by atoms with Crippen LogP contribution in [-0.4, -0.2) is 5.71 Å². The van der Waals surface area contributed by atoms with Gasteiger partial charge in [0.25, 0.3) is 0 Å². The van der Waals surface area contributed by atoms with Crippen molar-refractivity contribution < 1.29 is 0 Å². The second kappa shape index (κ2) is 2.92. The minimum absolute atomic E-state index is 0.0700. The largest absolute Gasteiger partial charge is 0.326 e. The number of rotatable bonds is 1. The predicted octanol–water partition coefficient (Wildman–Crippen LogP) is 2.53. The molecule has 1 aliphatic rings. The monoisotopic (exact) mass is 188 g/mol. The third kappa shape index (κ3) is 1.18. The molecule has 0 amide bonds. The summed E-state index contributed by atoms with van der Waals surface area (Å²) < 4.78 is 0. The maximum Gasteiger partial charge on any atom is 0.0670 e. The molecule has 0 atom stereocenters. The van der Waals surface area contributed by atoms with E-state index in [4.69, 9.17) is 5.73 Å². The van der Waals surface area contributed by atoms with Crippen LogP contribution < -0.4 is 5.73 Å². The third-order valence-electron chi connectivity index (χ3n) is 3.16. The van der Waals surface area contributed by atoms with Gasteiger partial charge in [-0.15, -0.1) is 0 Å². The number of benzene rings is 1. The first-order valence-electron chi connectivity index (χ1n) is 4.95. The predicted molar refractivity (Wildman–Crippen MR) is 60.1 cm³/mol. The normalized spacial score (nSPS) is 17.9. The highest BCUT2D eigenvalue weighted by Gasteiger charge is 2.31. The summed E-state index contributed by atoms with van der Waals surface area (Å²) in [6.45, 7) is 7.10. The van der Waals surface area contributed by atoms with Crippen LogP contribution in [0, 0.1) is 0 Å². The van der Waals surface area contributed by atoms with Crippen molar-refractivity contribution in [1.29, 1.82) is 0 Å². The van der Waals surface area contributed by atoms with Gasteiger partial charge in [0.2, 0.25) is 0 Å². The van der Waals surface area contributed by atoms with Gasteiger partial charge in [-0.05, 0) is 24.1 Å². The summed E-state index contributed by atoms with van der Waals surface area (Å²) in [5.41, 5.74) is 10.5. The Labute approximate surface area is 84.9 Å². The average Bonchev–Trinajstić information content (AvgIpc) is 2.38. The third-order valence-corrected chi connectivity index (χ3v) is 3.16. The molecule has 0 aromatic heterocycles. The summed E-state index contributed by atoms with van der Waals surface area (Å²) in [5.74, 6) is 0. The van der Waals surface area contributed by atoms with E-state index in [9.17, 15) is 0 Å². The zero-order valence-corrected chi connectivity index (χ0v) is 8.96. The topological polar surface area (TPSA) is 38.4 Å². The Bertz CT molecular complexity index is 403. The minimum atomic E-state index is 0.0700. The molecule has 0 saturated carbocycles. The SMILES string of the molecule is CC1=Nc2ccc(CN)cc2C1(C)C. The van der Waals surface area contributed by atoms with Crippen LogP contribution in [0.25, 0.3) is 0 Å². The highest BCUT2D eigenvalue weighted by atomic mass is 14.8. The molecule has 2 rings (SSSR count). The summed E-state index contributed by atoms with van der Waals surface area (Å²) in [6, 6.07) is 6.29. The summed E-state index contributed by atoms with van der Waals surface area (Å²) in [5, 5.41) is 0. The van der Waals surface area contributed by atoms with E-state index in [1.165, 1.54) is 16.8 Å². The smallest absolute Gasteiger partial charge is 0.0670 e. The molecule has 0 radical (unpaired) electrons. The molecule has 74 valence electrons. The second-order valence-electron chi connectivity index (χ2n) is 4.38. The molecule has 2 N–H and O–H groups in total. The lowest BCUT2D eigenvalue weighted by molar-refractivity contribution is 0.731. The van der Waals surface area contributed by atoms with Gasteiger partial charge in [0.05, 0.1) is 5.69 Å². The number of hydrogen-bond donors (Lipinski definition) is 1. The second-order valence-corrected chi connectivity index (χ2v) is 4.38. The number of fused-ring (bicyclic) bond motifs is 1. The van der Waals surface area contributed by atoms with Crippen LogP contribution in [0.4, 0.5) is 5.69 Å². The van der Waals surface area contributed by atoms with Crippen molar-refractivity contribution in [2.75, 3.05) is 0 Å². The molecule has 0 aliphatic carbocycles. The highest BCUT2D eigenvalue weighted by molar-refractivity contribution is 5.99. The summed E-state index contributed by atoms with van der Waals surface area (Å²) in [4.78, 5) is 4.56. The van der Waals surface area contributed by atoms with E-state index in [0.29, 0.717) is 6.54 Å². The van der Waals surface area contributed by atoms with Gasteiger partial charge in [0, 0.05) is 17.7 Å². The van der Waals surface area contributed by atoms with E-state index < -0.39 is 0 Å². The quantitative estimate of drug-likeness (QED) is 0.722. The van der Waals surface area contributed by atoms with Gasteiger partial charge < -0.3 is 5.73 Å². The number of nitrogens with zero attached hydrogens (tertiary/aromatic N) is 1. The molecule has 0 saturated heterocycles. The van der Waals surface area contributed by atoms with Crippen LogP contribution in [0.2, 0.25) is 0 Å². The van der Waals surface area contributed by atoms with Gasteiger partial charge >= 0.3 is 0 Å². The standard InChI is InChI=1S/C12H16N2/c1-8-12(2,3)10-6-9(7-13)4-5-11(10)14-8/h4-6H,7,13H2,1-3H3. The first-order valence-corrected chi connectivity index (χ1v) is 4.95. The van der Waals surface area contributed by atoms with Crippen molar-refractivity contribution in [3.05, 3.63) is 29.3 Å². The molecule has 0 fully saturated rings. The Balaban J connectivity index is 2.57. The summed E-state index contributed by atoms with van der Waals surface area (Å²) >= 11 is 0. The van der Waals surface area contributed by atoms with Crippen molar-refractivity contribution >= 4 is 11.4 Å². The zero-order valence-electron chi connectivity index (χ0n) is 8.96. The van der Waals surface area contributed by atoms with Crippen LogP contribution >= 0.6 is 0 Å². The van der Waals surface area contributed by atoms with Crippen molar-refractivity contribution in [2.45, 2.75) is 32.7 Å². The molecule has 2 nitrogen and oxygen atoms in total. The van der Waals surface area contributed by atoms with Crippen molar-refractivity contribution in [3.63, 3.8) is 0 Å². The van der Waals surface area contributed by atoms with E-state index in [0.717, 1.165) is 5.69 Å². The number of nitrogens with two attached hydrogens (primary N) is 1. The number of aliphatic imine (C=N–C) groups is 1. The van der Waals surface area contributed by atoms with Crippen molar-refractivity contribution in [2.24, 2.45) is 10.7 Å². The van der Waals surface area contributed by atoms with E-state index in [1.807, 2.05) is 0 Å². The maximum absolute atomic E-state index is 5.63. The van der Waals surface area contributed by atoms with Crippen molar-refractivity contribution in [3.8, 4) is 0 Å². The van der Waals surface area contributed by atoms with E-state index >= 15 is 0 Å². The van der Waals surface area contributed by atoms with Crippen molar-refractivity contribution in [1.82, 2.24) is 0 Å². The molecule has 0 spiro atoms. The molecular formula is C12H16N2. The van der Waals surface area contributed by atoms with E-state index in [1.54, 1.807) is 0 Å². The molecule has 1 aromatic carbocycles. The molecule has 14 heavy (non-hydrogen) atoms. The van der Waals surface area contributed by atoms with E-state index in [2.05, 4.69) is 44.0 Å². The first-order chi connectivity index (χ1) is 6.55. The summed E-state index contributed by atoms with van der Waals surface area (Å²) in [7, 11) is 0. The van der Waals surface area contributed by atoms with E-state index in [-0.39, 0.29) is 5.41 Å². The lowest BCUT2D eigenvalue weighted by Crippen LogP contribution is -2.22. The van der Waals surface area contributed by atoms with Gasteiger partial charge in [0.1, 0.15) is 0 Å². The lowest BCUT2D eigenvalue weighted by atomic mass is 9.81. The molecule has 0 bridgehead atoms. The van der Waals surface area contributed by atoms with Gasteiger partial charge in [-0.2, -0.15) is 0 Å². The fourth-order valence-corrected chi connectivity index (χ4v) is 1.82. The Kier molecular flexibility index (Phi) is 1.96. The first kappa shape index (κ1) is 9.41. The Hall–Kier alpha value is -1.15. The number of hydrogen-bond acceptors (Lipinski definition) is 2. The Morgan fingerprint density at radius 1 is 1.36 bits per heavy atom. The summed E-state index contributed by atoms with van der Waals surface area (Å²) in [6.07, 6.45) is 0. The molecule has 1 aliphatic heterocycles. The van der Waals surface area contributed by atoms with Gasteiger partial charge in [-0.3, -0.25) is 4.99 Å². The van der Waals surface area contributed by atoms with Crippen LogP contribution in [0.5, 0.6) is 0 Å². The van der Waals surface area contributed by atoms with Gasteiger partial charge in [-0.25, -0.2) is 0 Å². The molecule has 2 heteroatoms. The molecule has 1 aromatic rings. The Morgan fingerprint density at radius 2 is 2.07 bits per heavy atom. The van der Waals surface area contributed by atoms with Crippen LogP contribution in [-0.2, 0) is 12.0 Å². The maximum atomic E-state index is 5.63.